The van der Waals surface area contributed by atoms with Crippen molar-refractivity contribution in [2.24, 2.45) is 5.92 Å². The van der Waals surface area contributed by atoms with E-state index < -0.39 is 11.9 Å². The van der Waals surface area contributed by atoms with Crippen molar-refractivity contribution in [3.8, 4) is 11.5 Å². The lowest BCUT2D eigenvalue weighted by Crippen LogP contribution is -2.28. The van der Waals surface area contributed by atoms with Crippen LogP contribution >= 0.6 is 0 Å². The number of carbonyl (C=O) groups excluding carboxylic acids is 3. The number of methoxy groups -OCH3 is 3. The zero-order valence-corrected chi connectivity index (χ0v) is 16.4. The molecule has 1 unspecified atom stereocenters. The van der Waals surface area contributed by atoms with Crippen molar-refractivity contribution in [3.63, 3.8) is 0 Å². The zero-order valence-electron chi connectivity index (χ0n) is 16.4. The van der Waals surface area contributed by atoms with E-state index in [1.807, 2.05) is 0 Å². The van der Waals surface area contributed by atoms with Gasteiger partial charge in [0.15, 0.2) is 0 Å². The minimum atomic E-state index is -0.541. The normalized spacial score (nSPS) is 15.8. The van der Waals surface area contributed by atoms with E-state index in [2.05, 4.69) is 5.32 Å². The van der Waals surface area contributed by atoms with Crippen molar-refractivity contribution in [1.82, 2.24) is 0 Å². The minimum Gasteiger partial charge on any atom is -0.497 e. The van der Waals surface area contributed by atoms with Crippen LogP contribution in [0.4, 0.5) is 11.4 Å². The van der Waals surface area contributed by atoms with E-state index in [0.29, 0.717) is 28.4 Å². The molecular weight excluding hydrogens is 376 g/mol. The topological polar surface area (TPSA) is 94.2 Å². The second kappa shape index (κ2) is 8.64. The van der Waals surface area contributed by atoms with E-state index in [0.717, 1.165) is 0 Å². The van der Waals surface area contributed by atoms with E-state index >= 15 is 0 Å². The van der Waals surface area contributed by atoms with Crippen LogP contribution in [0.3, 0.4) is 0 Å². The highest BCUT2D eigenvalue weighted by Gasteiger charge is 2.35. The van der Waals surface area contributed by atoms with Gasteiger partial charge in [-0.25, -0.2) is 4.79 Å². The number of benzene rings is 2. The van der Waals surface area contributed by atoms with Crippen LogP contribution in [0.5, 0.6) is 11.5 Å². The van der Waals surface area contributed by atoms with E-state index in [1.165, 1.54) is 26.2 Å². The zero-order chi connectivity index (χ0) is 21.0. The first-order valence-corrected chi connectivity index (χ1v) is 8.98. The van der Waals surface area contributed by atoms with Crippen LogP contribution in [0.1, 0.15) is 16.8 Å². The quantitative estimate of drug-likeness (QED) is 0.752. The van der Waals surface area contributed by atoms with Crippen molar-refractivity contribution >= 4 is 29.2 Å². The minimum absolute atomic E-state index is 0.0700. The Kier molecular flexibility index (Phi) is 6.01. The van der Waals surface area contributed by atoms with Gasteiger partial charge in [0.25, 0.3) is 0 Å². The molecule has 0 aromatic heterocycles. The van der Waals surface area contributed by atoms with E-state index in [1.54, 1.807) is 42.5 Å². The van der Waals surface area contributed by atoms with Gasteiger partial charge in [0.1, 0.15) is 11.5 Å². The lowest BCUT2D eigenvalue weighted by Gasteiger charge is -2.18. The Morgan fingerprint density at radius 2 is 1.86 bits per heavy atom. The van der Waals surface area contributed by atoms with Gasteiger partial charge in [-0.2, -0.15) is 0 Å². The molecule has 1 atom stereocenters. The SMILES string of the molecule is COC(=O)c1cccc(N2CC(C(=O)Nc3cc(OC)ccc3OC)CC2=O)c1. The average Bonchev–Trinajstić information content (AvgIpc) is 3.15. The number of hydrogen-bond donors (Lipinski definition) is 1. The summed E-state index contributed by atoms with van der Waals surface area (Å²) in [4.78, 5) is 38.5. The second-order valence-electron chi connectivity index (χ2n) is 6.50. The Bertz CT molecular complexity index is 943. The molecule has 2 aromatic carbocycles. The summed E-state index contributed by atoms with van der Waals surface area (Å²) in [6.07, 6.45) is 0.0700. The summed E-state index contributed by atoms with van der Waals surface area (Å²) < 4.78 is 15.2. The van der Waals surface area contributed by atoms with Gasteiger partial charge >= 0.3 is 5.97 Å². The van der Waals surface area contributed by atoms with Crippen LogP contribution in [-0.4, -0.2) is 45.7 Å². The molecule has 8 heteroatoms. The average molecular weight is 398 g/mol. The van der Waals surface area contributed by atoms with Crippen molar-refractivity contribution in [1.29, 1.82) is 0 Å². The molecule has 8 nitrogen and oxygen atoms in total. The summed E-state index contributed by atoms with van der Waals surface area (Å²) in [5.41, 5.74) is 1.36. The molecule has 1 saturated heterocycles. The molecule has 0 radical (unpaired) electrons. The number of hydrogen-bond acceptors (Lipinski definition) is 6. The van der Waals surface area contributed by atoms with Gasteiger partial charge in [0, 0.05) is 24.7 Å². The van der Waals surface area contributed by atoms with Gasteiger partial charge < -0.3 is 24.4 Å². The molecule has 3 rings (SSSR count). The molecule has 1 aliphatic heterocycles. The second-order valence-corrected chi connectivity index (χ2v) is 6.50. The van der Waals surface area contributed by atoms with Crippen molar-refractivity contribution in [2.75, 3.05) is 38.1 Å². The molecule has 152 valence electrons. The molecule has 2 amide bonds. The van der Waals surface area contributed by atoms with Gasteiger partial charge in [-0.3, -0.25) is 9.59 Å². The Hall–Kier alpha value is -3.55. The maximum atomic E-state index is 12.8. The molecule has 1 aliphatic rings. The first-order chi connectivity index (χ1) is 14.0. The van der Waals surface area contributed by atoms with Crippen LogP contribution < -0.4 is 19.7 Å². The molecular formula is C21H22N2O6. The van der Waals surface area contributed by atoms with Gasteiger partial charge in [0.2, 0.25) is 11.8 Å². The van der Waals surface area contributed by atoms with Crippen molar-refractivity contribution in [2.45, 2.75) is 6.42 Å². The molecule has 0 aliphatic carbocycles. The Balaban J connectivity index is 1.75. The summed E-state index contributed by atoms with van der Waals surface area (Å²) in [6, 6.07) is 11.6. The van der Waals surface area contributed by atoms with Crippen LogP contribution in [0.25, 0.3) is 0 Å². The first kappa shape index (κ1) is 20.2. The maximum absolute atomic E-state index is 12.8. The van der Waals surface area contributed by atoms with Crippen molar-refractivity contribution in [3.05, 3.63) is 48.0 Å². The number of esters is 1. The van der Waals surface area contributed by atoms with Gasteiger partial charge in [-0.15, -0.1) is 0 Å². The summed E-state index contributed by atoms with van der Waals surface area (Å²) in [5.74, 6) is -0.449. The summed E-state index contributed by atoms with van der Waals surface area (Å²) in [5, 5.41) is 2.81. The highest BCUT2D eigenvalue weighted by Crippen LogP contribution is 2.31. The van der Waals surface area contributed by atoms with Crippen LogP contribution in [-0.2, 0) is 14.3 Å². The van der Waals surface area contributed by atoms with Crippen LogP contribution in [0.2, 0.25) is 0 Å². The predicted molar refractivity (Wildman–Crippen MR) is 106 cm³/mol. The lowest BCUT2D eigenvalue weighted by molar-refractivity contribution is -0.122. The monoisotopic (exact) mass is 398 g/mol. The molecule has 29 heavy (non-hydrogen) atoms. The molecule has 1 fully saturated rings. The molecule has 0 bridgehead atoms. The Labute approximate surface area is 168 Å². The van der Waals surface area contributed by atoms with E-state index in [4.69, 9.17) is 14.2 Å². The number of anilines is 2. The third-order valence-corrected chi connectivity index (χ3v) is 4.74. The van der Waals surface area contributed by atoms with E-state index in [9.17, 15) is 14.4 Å². The smallest absolute Gasteiger partial charge is 0.337 e. The highest BCUT2D eigenvalue weighted by atomic mass is 16.5. The number of carbonyl (C=O) groups is 3. The molecule has 0 spiro atoms. The van der Waals surface area contributed by atoms with Gasteiger partial charge in [-0.1, -0.05) is 6.07 Å². The summed E-state index contributed by atoms with van der Waals surface area (Å²) in [6.45, 7) is 0.210. The van der Waals surface area contributed by atoms with E-state index in [-0.39, 0.29) is 24.8 Å². The number of rotatable bonds is 6. The fourth-order valence-electron chi connectivity index (χ4n) is 3.20. The fraction of sp³-hybridized carbons (Fsp3) is 0.286. The highest BCUT2D eigenvalue weighted by molar-refractivity contribution is 6.04. The number of ether oxygens (including phenoxy) is 3. The van der Waals surface area contributed by atoms with Crippen molar-refractivity contribution < 1.29 is 28.6 Å². The van der Waals surface area contributed by atoms with Crippen LogP contribution in [0.15, 0.2) is 42.5 Å². The molecule has 0 saturated carbocycles. The molecule has 2 aromatic rings. The number of nitrogens with one attached hydrogen (secondary N) is 1. The molecule has 1 N–H and O–H groups in total. The standard InChI is InChI=1S/C21H22N2O6/c1-27-16-7-8-18(28-2)17(11-16)22-20(25)14-10-19(24)23(12-14)15-6-4-5-13(9-15)21(26)29-3/h4-9,11,14H,10,12H2,1-3H3,(H,22,25). The van der Waals surface area contributed by atoms with Gasteiger partial charge in [0.05, 0.1) is 38.5 Å². The number of nitrogens with zero attached hydrogens (tertiary/aromatic N) is 1. The third-order valence-electron chi connectivity index (χ3n) is 4.74. The lowest BCUT2D eigenvalue weighted by atomic mass is 10.1. The number of amides is 2. The fourth-order valence-corrected chi connectivity index (χ4v) is 3.20. The summed E-state index contributed by atoms with van der Waals surface area (Å²) in [7, 11) is 4.33. The molecule has 1 heterocycles. The largest absolute Gasteiger partial charge is 0.497 e. The van der Waals surface area contributed by atoms with Crippen LogP contribution in [0, 0.1) is 5.92 Å². The Morgan fingerprint density at radius 3 is 2.55 bits per heavy atom. The van der Waals surface area contributed by atoms with Gasteiger partial charge in [-0.05, 0) is 30.3 Å². The third kappa shape index (κ3) is 4.31. The maximum Gasteiger partial charge on any atom is 0.337 e. The Morgan fingerprint density at radius 1 is 1.07 bits per heavy atom. The summed E-state index contributed by atoms with van der Waals surface area (Å²) >= 11 is 0. The first-order valence-electron chi connectivity index (χ1n) is 8.98. The predicted octanol–water partition coefficient (Wildman–Crippen LogP) is 2.48.